The molecule has 4 nitrogen and oxygen atoms in total. The molecule has 3 N–H and O–H groups in total. The molecule has 1 aromatic heterocycles. The van der Waals surface area contributed by atoms with Crippen molar-refractivity contribution in [3.8, 4) is 11.3 Å². The van der Waals surface area contributed by atoms with Crippen molar-refractivity contribution in [1.29, 1.82) is 0 Å². The first-order chi connectivity index (χ1) is 11.2. The van der Waals surface area contributed by atoms with Crippen molar-refractivity contribution in [2.45, 2.75) is 38.6 Å². The van der Waals surface area contributed by atoms with Crippen LogP contribution in [-0.4, -0.2) is 18.5 Å². The molecule has 3 rings (SSSR count). The lowest BCUT2D eigenvalue weighted by molar-refractivity contribution is 0.0901. The molecule has 0 radical (unpaired) electrons. The van der Waals surface area contributed by atoms with E-state index in [4.69, 9.17) is 10.2 Å². The van der Waals surface area contributed by atoms with Gasteiger partial charge in [0.1, 0.15) is 5.76 Å². The number of nitrogens with one attached hydrogen (secondary N) is 1. The second-order valence-electron chi connectivity index (χ2n) is 6.22. The minimum atomic E-state index is -0.147. The molecular formula is C19H25ClN2O2. The van der Waals surface area contributed by atoms with Crippen LogP contribution in [0.25, 0.3) is 11.3 Å². The molecule has 2 atom stereocenters. The SMILES string of the molecule is CCc1ccc(-c2ccc(C(=O)NC3CCCC3CN)o2)cc1.Cl. The molecule has 1 aromatic carbocycles. The Morgan fingerprint density at radius 2 is 1.96 bits per heavy atom. The van der Waals surface area contributed by atoms with Crippen LogP contribution < -0.4 is 11.1 Å². The summed E-state index contributed by atoms with van der Waals surface area (Å²) in [6, 6.07) is 12.0. The molecule has 5 heteroatoms. The van der Waals surface area contributed by atoms with Crippen molar-refractivity contribution in [3.63, 3.8) is 0 Å². The molecule has 0 bridgehead atoms. The van der Waals surface area contributed by atoms with E-state index in [2.05, 4.69) is 24.4 Å². The molecule has 0 aliphatic heterocycles. The second-order valence-corrected chi connectivity index (χ2v) is 6.22. The lowest BCUT2D eigenvalue weighted by atomic mass is 10.0. The zero-order valence-electron chi connectivity index (χ0n) is 14.0. The average Bonchev–Trinajstić information content (AvgIpc) is 3.24. The highest BCUT2D eigenvalue weighted by molar-refractivity contribution is 5.92. The number of carbonyl (C=O) groups is 1. The van der Waals surface area contributed by atoms with E-state index < -0.39 is 0 Å². The van der Waals surface area contributed by atoms with Gasteiger partial charge in [0.25, 0.3) is 5.91 Å². The van der Waals surface area contributed by atoms with Gasteiger partial charge in [0, 0.05) is 11.6 Å². The van der Waals surface area contributed by atoms with Crippen LogP contribution in [0.2, 0.25) is 0 Å². The van der Waals surface area contributed by atoms with E-state index in [0.29, 0.717) is 18.2 Å². The van der Waals surface area contributed by atoms with Gasteiger partial charge in [-0.1, -0.05) is 37.6 Å². The number of carbonyl (C=O) groups excluding carboxylic acids is 1. The lowest BCUT2D eigenvalue weighted by Crippen LogP contribution is -2.39. The molecule has 1 fully saturated rings. The van der Waals surface area contributed by atoms with Gasteiger partial charge >= 0.3 is 0 Å². The summed E-state index contributed by atoms with van der Waals surface area (Å²) >= 11 is 0. The largest absolute Gasteiger partial charge is 0.451 e. The smallest absolute Gasteiger partial charge is 0.287 e. The van der Waals surface area contributed by atoms with E-state index >= 15 is 0 Å². The van der Waals surface area contributed by atoms with Crippen molar-refractivity contribution in [1.82, 2.24) is 5.32 Å². The van der Waals surface area contributed by atoms with E-state index in [1.165, 1.54) is 5.56 Å². The predicted octanol–water partition coefficient (Wildman–Crippen LogP) is 3.79. The van der Waals surface area contributed by atoms with Gasteiger partial charge < -0.3 is 15.5 Å². The first-order valence-corrected chi connectivity index (χ1v) is 8.41. The summed E-state index contributed by atoms with van der Waals surface area (Å²) in [4.78, 5) is 12.4. The quantitative estimate of drug-likeness (QED) is 0.863. The summed E-state index contributed by atoms with van der Waals surface area (Å²) in [5, 5.41) is 3.07. The number of amides is 1. The Balaban J connectivity index is 0.00000208. The van der Waals surface area contributed by atoms with Crippen LogP contribution in [0.15, 0.2) is 40.8 Å². The fourth-order valence-corrected chi connectivity index (χ4v) is 3.27. The molecule has 0 saturated heterocycles. The molecule has 0 spiro atoms. The predicted molar refractivity (Wildman–Crippen MR) is 98.4 cm³/mol. The van der Waals surface area contributed by atoms with Crippen LogP contribution in [0.3, 0.4) is 0 Å². The molecule has 1 aliphatic carbocycles. The number of nitrogens with two attached hydrogens (primary N) is 1. The van der Waals surface area contributed by atoms with Gasteiger partial charge in [-0.2, -0.15) is 0 Å². The molecule has 2 aromatic rings. The van der Waals surface area contributed by atoms with Crippen molar-refractivity contribution in [2.75, 3.05) is 6.54 Å². The Kier molecular flexibility index (Phi) is 6.46. The number of hydrogen-bond acceptors (Lipinski definition) is 3. The highest BCUT2D eigenvalue weighted by atomic mass is 35.5. The Bertz CT molecular complexity index is 666. The monoisotopic (exact) mass is 348 g/mol. The topological polar surface area (TPSA) is 68.3 Å². The maximum absolute atomic E-state index is 12.4. The third kappa shape index (κ3) is 4.00. The summed E-state index contributed by atoms with van der Waals surface area (Å²) in [6.45, 7) is 2.75. The summed E-state index contributed by atoms with van der Waals surface area (Å²) in [5.41, 5.74) is 8.04. The molecular weight excluding hydrogens is 324 g/mol. The van der Waals surface area contributed by atoms with E-state index in [-0.39, 0.29) is 24.4 Å². The number of furan rings is 1. The normalized spacial score (nSPS) is 19.8. The first-order valence-electron chi connectivity index (χ1n) is 8.41. The maximum Gasteiger partial charge on any atom is 0.287 e. The highest BCUT2D eigenvalue weighted by Gasteiger charge is 2.28. The summed E-state index contributed by atoms with van der Waals surface area (Å²) in [6.07, 6.45) is 4.23. The Morgan fingerprint density at radius 3 is 2.62 bits per heavy atom. The number of rotatable bonds is 5. The van der Waals surface area contributed by atoms with E-state index in [0.717, 1.165) is 37.0 Å². The van der Waals surface area contributed by atoms with Crippen LogP contribution in [0.4, 0.5) is 0 Å². The molecule has 1 amide bonds. The molecule has 1 saturated carbocycles. The Labute approximate surface area is 149 Å². The van der Waals surface area contributed by atoms with E-state index in [1.807, 2.05) is 18.2 Å². The van der Waals surface area contributed by atoms with Crippen LogP contribution in [-0.2, 0) is 6.42 Å². The summed E-state index contributed by atoms with van der Waals surface area (Å²) in [7, 11) is 0. The van der Waals surface area contributed by atoms with Gasteiger partial charge in [0.05, 0.1) is 0 Å². The van der Waals surface area contributed by atoms with Crippen molar-refractivity contribution < 1.29 is 9.21 Å². The minimum absolute atomic E-state index is 0. The molecule has 24 heavy (non-hydrogen) atoms. The van der Waals surface area contributed by atoms with E-state index in [9.17, 15) is 4.79 Å². The van der Waals surface area contributed by atoms with Crippen LogP contribution in [0, 0.1) is 5.92 Å². The van der Waals surface area contributed by atoms with Crippen molar-refractivity contribution >= 4 is 18.3 Å². The molecule has 1 aliphatic rings. The standard InChI is InChI=1S/C19H24N2O2.ClH/c1-2-13-6-8-14(9-7-13)17-10-11-18(23-17)19(22)21-16-5-3-4-15(16)12-20;/h6-11,15-16H,2-5,12,20H2,1H3,(H,21,22);1H. The minimum Gasteiger partial charge on any atom is -0.451 e. The third-order valence-corrected chi connectivity index (χ3v) is 4.75. The zero-order chi connectivity index (χ0) is 16.2. The maximum atomic E-state index is 12.4. The Morgan fingerprint density at radius 1 is 1.21 bits per heavy atom. The van der Waals surface area contributed by atoms with Gasteiger partial charge in [-0.25, -0.2) is 0 Å². The number of aryl methyl sites for hydroxylation is 1. The third-order valence-electron chi connectivity index (χ3n) is 4.75. The van der Waals surface area contributed by atoms with Gasteiger partial charge in [-0.05, 0) is 49.4 Å². The summed E-state index contributed by atoms with van der Waals surface area (Å²) < 4.78 is 5.74. The van der Waals surface area contributed by atoms with Crippen LogP contribution >= 0.6 is 12.4 Å². The highest BCUT2D eigenvalue weighted by Crippen LogP contribution is 2.26. The van der Waals surface area contributed by atoms with Crippen LogP contribution in [0.1, 0.15) is 42.3 Å². The first kappa shape index (κ1) is 18.6. The van der Waals surface area contributed by atoms with Gasteiger partial charge in [-0.3, -0.25) is 4.79 Å². The fraction of sp³-hybridized carbons (Fsp3) is 0.421. The number of halogens is 1. The summed E-state index contributed by atoms with van der Waals surface area (Å²) in [5.74, 6) is 1.32. The van der Waals surface area contributed by atoms with Gasteiger partial charge in [0.2, 0.25) is 0 Å². The molecule has 1 heterocycles. The molecule has 2 unspecified atom stereocenters. The number of hydrogen-bond donors (Lipinski definition) is 2. The van der Waals surface area contributed by atoms with Crippen molar-refractivity contribution in [3.05, 3.63) is 47.7 Å². The van der Waals surface area contributed by atoms with E-state index in [1.54, 1.807) is 6.07 Å². The average molecular weight is 349 g/mol. The lowest BCUT2D eigenvalue weighted by Gasteiger charge is -2.18. The number of benzene rings is 1. The molecule has 130 valence electrons. The second kappa shape index (κ2) is 8.36. The zero-order valence-corrected chi connectivity index (χ0v) is 14.8. The van der Waals surface area contributed by atoms with Crippen LogP contribution in [0.5, 0.6) is 0 Å². The Hall–Kier alpha value is -1.78. The van der Waals surface area contributed by atoms with Crippen molar-refractivity contribution in [2.24, 2.45) is 11.7 Å². The fourth-order valence-electron chi connectivity index (χ4n) is 3.27. The van der Waals surface area contributed by atoms with Gasteiger partial charge in [0.15, 0.2) is 5.76 Å². The van der Waals surface area contributed by atoms with Gasteiger partial charge in [-0.15, -0.1) is 12.4 Å².